The summed E-state index contributed by atoms with van der Waals surface area (Å²) in [6.45, 7) is 5.61. The van der Waals surface area contributed by atoms with Crippen molar-refractivity contribution in [1.29, 1.82) is 0 Å². The van der Waals surface area contributed by atoms with E-state index in [2.05, 4.69) is 17.2 Å². The van der Waals surface area contributed by atoms with E-state index in [-0.39, 0.29) is 6.04 Å². The Balaban J connectivity index is 2.42. The van der Waals surface area contributed by atoms with Crippen LogP contribution in [0, 0.1) is 0 Å². The zero-order chi connectivity index (χ0) is 8.81. The van der Waals surface area contributed by atoms with E-state index in [0.717, 1.165) is 25.8 Å². The van der Waals surface area contributed by atoms with Gasteiger partial charge < -0.3 is 4.79 Å². The lowest BCUT2D eigenvalue weighted by molar-refractivity contribution is -0.112. The van der Waals surface area contributed by atoms with Crippen LogP contribution in [0.3, 0.4) is 0 Å². The molecule has 12 heavy (non-hydrogen) atoms. The summed E-state index contributed by atoms with van der Waals surface area (Å²) in [6, 6.07) is 0.0572. The van der Waals surface area contributed by atoms with Gasteiger partial charge in [-0.1, -0.05) is 6.58 Å². The Morgan fingerprint density at radius 2 is 2.17 bits per heavy atom. The molecular weight excluding hydrogens is 150 g/mol. The second kappa shape index (κ2) is 4.91. The molecule has 1 fully saturated rings. The Morgan fingerprint density at radius 3 is 2.67 bits per heavy atom. The summed E-state index contributed by atoms with van der Waals surface area (Å²) in [5, 5.41) is 0. The zero-order valence-electron chi connectivity index (χ0n) is 7.33. The maximum absolute atomic E-state index is 10.7. The molecule has 1 aliphatic rings. The predicted molar refractivity (Wildman–Crippen MR) is 49.0 cm³/mol. The van der Waals surface area contributed by atoms with Gasteiger partial charge in [0.25, 0.3) is 0 Å². The van der Waals surface area contributed by atoms with Gasteiger partial charge in [-0.05, 0) is 38.4 Å². The van der Waals surface area contributed by atoms with Gasteiger partial charge in [0.15, 0.2) is 0 Å². The third kappa shape index (κ3) is 2.33. The highest BCUT2D eigenvalue weighted by Crippen LogP contribution is 2.12. The first kappa shape index (κ1) is 9.24. The maximum Gasteiger partial charge on any atom is 0.137 e. The van der Waals surface area contributed by atoms with Crippen LogP contribution in [-0.4, -0.2) is 30.3 Å². The van der Waals surface area contributed by atoms with Crippen molar-refractivity contribution in [2.24, 2.45) is 0 Å². The fourth-order valence-corrected chi connectivity index (χ4v) is 1.57. The predicted octanol–water partition coefficient (Wildman–Crippen LogP) is 1.38. The first-order valence-corrected chi connectivity index (χ1v) is 4.42. The molecule has 0 aliphatic carbocycles. The third-order valence-corrected chi connectivity index (χ3v) is 2.27. The largest absolute Gasteiger partial charge is 0.302 e. The Bertz CT molecular complexity index is 188. The van der Waals surface area contributed by atoms with Crippen LogP contribution in [-0.2, 0) is 4.79 Å². The highest BCUT2D eigenvalue weighted by molar-refractivity contribution is 5.58. The molecule has 2 heteroatoms. The summed E-state index contributed by atoms with van der Waals surface area (Å²) in [6.07, 6.45) is 6.06. The summed E-state index contributed by atoms with van der Waals surface area (Å²) >= 11 is 0. The average Bonchev–Trinajstić information content (AvgIpc) is 2.59. The average molecular weight is 165 g/mol. The van der Waals surface area contributed by atoms with E-state index in [9.17, 15) is 4.79 Å². The van der Waals surface area contributed by atoms with Crippen molar-refractivity contribution in [3.8, 4) is 0 Å². The van der Waals surface area contributed by atoms with E-state index in [4.69, 9.17) is 0 Å². The lowest BCUT2D eigenvalue weighted by atomic mass is 10.2. The minimum absolute atomic E-state index is 0.0572. The third-order valence-electron chi connectivity index (χ3n) is 2.27. The van der Waals surface area contributed by atoms with Gasteiger partial charge in [-0.15, -0.1) is 5.73 Å². The van der Waals surface area contributed by atoms with Crippen LogP contribution in [0.1, 0.15) is 19.3 Å². The number of aldehydes is 1. The van der Waals surface area contributed by atoms with E-state index in [1.165, 1.54) is 12.8 Å². The van der Waals surface area contributed by atoms with E-state index >= 15 is 0 Å². The van der Waals surface area contributed by atoms with Crippen LogP contribution in [0.15, 0.2) is 18.4 Å². The molecular formula is C10H15NO. The molecule has 0 aromatic heterocycles. The molecule has 1 saturated heterocycles. The Morgan fingerprint density at radius 1 is 1.50 bits per heavy atom. The summed E-state index contributed by atoms with van der Waals surface area (Å²) < 4.78 is 0. The lowest BCUT2D eigenvalue weighted by Crippen LogP contribution is -2.33. The molecule has 1 aliphatic heterocycles. The minimum Gasteiger partial charge on any atom is -0.302 e. The molecule has 1 rings (SSSR count). The molecule has 0 amide bonds. The summed E-state index contributed by atoms with van der Waals surface area (Å²) in [4.78, 5) is 12.9. The van der Waals surface area contributed by atoms with Gasteiger partial charge in [-0.3, -0.25) is 4.90 Å². The van der Waals surface area contributed by atoms with Gasteiger partial charge in [0.05, 0.1) is 6.04 Å². The molecule has 0 aromatic rings. The smallest absolute Gasteiger partial charge is 0.137 e. The molecule has 1 unspecified atom stereocenters. The molecule has 0 radical (unpaired) electrons. The molecule has 0 saturated carbocycles. The Labute approximate surface area is 73.6 Å². The Hall–Kier alpha value is -0.850. The minimum atomic E-state index is 0.0572. The molecule has 0 spiro atoms. The van der Waals surface area contributed by atoms with Crippen molar-refractivity contribution in [3.63, 3.8) is 0 Å². The van der Waals surface area contributed by atoms with Crippen molar-refractivity contribution in [2.75, 3.05) is 13.1 Å². The number of carbonyl (C=O) groups excluding carboxylic acids is 1. The van der Waals surface area contributed by atoms with E-state index < -0.39 is 0 Å². The fourth-order valence-electron chi connectivity index (χ4n) is 1.57. The maximum atomic E-state index is 10.7. The number of hydrogen-bond acceptors (Lipinski definition) is 2. The normalized spacial score (nSPS) is 20.0. The van der Waals surface area contributed by atoms with Crippen molar-refractivity contribution >= 4 is 6.29 Å². The van der Waals surface area contributed by atoms with Crippen LogP contribution in [0.5, 0.6) is 0 Å². The summed E-state index contributed by atoms with van der Waals surface area (Å²) in [5.74, 6) is 0. The summed E-state index contributed by atoms with van der Waals surface area (Å²) in [7, 11) is 0. The van der Waals surface area contributed by atoms with Crippen LogP contribution in [0.4, 0.5) is 0 Å². The highest BCUT2D eigenvalue weighted by atomic mass is 16.1. The molecule has 66 valence electrons. The highest BCUT2D eigenvalue weighted by Gasteiger charge is 2.19. The van der Waals surface area contributed by atoms with Gasteiger partial charge in [0.2, 0.25) is 0 Å². The first-order chi connectivity index (χ1) is 5.88. The lowest BCUT2D eigenvalue weighted by Gasteiger charge is -2.20. The number of nitrogens with zero attached hydrogens (tertiary/aromatic N) is 1. The van der Waals surface area contributed by atoms with Crippen molar-refractivity contribution in [1.82, 2.24) is 4.90 Å². The van der Waals surface area contributed by atoms with Crippen LogP contribution in [0.2, 0.25) is 0 Å². The van der Waals surface area contributed by atoms with Gasteiger partial charge in [-0.25, -0.2) is 0 Å². The van der Waals surface area contributed by atoms with Gasteiger partial charge in [-0.2, -0.15) is 0 Å². The fraction of sp³-hybridized carbons (Fsp3) is 0.600. The molecule has 1 heterocycles. The first-order valence-electron chi connectivity index (χ1n) is 4.42. The van der Waals surface area contributed by atoms with Crippen molar-refractivity contribution in [2.45, 2.75) is 25.3 Å². The topological polar surface area (TPSA) is 20.3 Å². The Kier molecular flexibility index (Phi) is 3.78. The zero-order valence-corrected chi connectivity index (χ0v) is 7.33. The second-order valence-corrected chi connectivity index (χ2v) is 3.09. The van der Waals surface area contributed by atoms with E-state index in [0.29, 0.717) is 0 Å². The molecule has 0 N–H and O–H groups in total. The quantitative estimate of drug-likeness (QED) is 0.463. The number of rotatable bonds is 4. The van der Waals surface area contributed by atoms with Gasteiger partial charge in [0, 0.05) is 0 Å². The van der Waals surface area contributed by atoms with Crippen molar-refractivity contribution < 1.29 is 4.79 Å². The second-order valence-electron chi connectivity index (χ2n) is 3.09. The van der Waals surface area contributed by atoms with Gasteiger partial charge in [0.1, 0.15) is 6.29 Å². The molecule has 1 atom stereocenters. The number of likely N-dealkylation sites (tertiary alicyclic amines) is 1. The number of hydrogen-bond donors (Lipinski definition) is 0. The van der Waals surface area contributed by atoms with Gasteiger partial charge >= 0.3 is 0 Å². The SMILES string of the molecule is C=C=CCC(C=O)N1CCCC1. The number of carbonyl (C=O) groups is 1. The molecule has 2 nitrogen and oxygen atoms in total. The van der Waals surface area contributed by atoms with E-state index in [1.54, 1.807) is 0 Å². The van der Waals surface area contributed by atoms with Crippen molar-refractivity contribution in [3.05, 3.63) is 18.4 Å². The van der Waals surface area contributed by atoms with E-state index in [1.807, 2.05) is 6.08 Å². The van der Waals surface area contributed by atoms with Crippen LogP contribution < -0.4 is 0 Å². The molecule has 0 bridgehead atoms. The monoisotopic (exact) mass is 165 g/mol. The van der Waals surface area contributed by atoms with Crippen LogP contribution in [0.25, 0.3) is 0 Å². The standard InChI is InChI=1S/C10H15NO/c1-2-3-6-10(9-12)11-7-4-5-8-11/h3,9-10H,1,4-8H2. The molecule has 0 aromatic carbocycles. The van der Waals surface area contributed by atoms with Crippen LogP contribution >= 0.6 is 0 Å². The summed E-state index contributed by atoms with van der Waals surface area (Å²) in [5.41, 5.74) is 2.70.